The predicted molar refractivity (Wildman–Crippen MR) is 83.7 cm³/mol. The second-order valence-corrected chi connectivity index (χ2v) is 5.56. The number of benzene rings is 2. The van der Waals surface area contributed by atoms with Crippen LogP contribution in [-0.4, -0.2) is 18.5 Å². The minimum Gasteiger partial charge on any atom is -0.452 e. The molecular formula is C18H15F2NO3. The van der Waals surface area contributed by atoms with Crippen molar-refractivity contribution >= 4 is 17.6 Å². The summed E-state index contributed by atoms with van der Waals surface area (Å²) in [6, 6.07) is 8.53. The van der Waals surface area contributed by atoms with Crippen LogP contribution in [0.15, 0.2) is 36.4 Å². The Morgan fingerprint density at radius 2 is 1.75 bits per heavy atom. The highest BCUT2D eigenvalue weighted by Crippen LogP contribution is 2.23. The molecule has 124 valence electrons. The van der Waals surface area contributed by atoms with Crippen molar-refractivity contribution in [1.82, 2.24) is 0 Å². The summed E-state index contributed by atoms with van der Waals surface area (Å²) in [7, 11) is 0. The van der Waals surface area contributed by atoms with Gasteiger partial charge in [-0.3, -0.25) is 4.79 Å². The van der Waals surface area contributed by atoms with Gasteiger partial charge in [0, 0.05) is 0 Å². The Bertz CT molecular complexity index is 785. The Kier molecular flexibility index (Phi) is 4.55. The first-order valence-corrected chi connectivity index (χ1v) is 7.57. The summed E-state index contributed by atoms with van der Waals surface area (Å²) in [5.41, 5.74) is 2.14. The molecule has 0 atom stereocenters. The van der Waals surface area contributed by atoms with Crippen molar-refractivity contribution in [3.05, 3.63) is 64.7 Å². The van der Waals surface area contributed by atoms with Crippen molar-refractivity contribution in [2.75, 3.05) is 11.9 Å². The molecule has 6 heteroatoms. The maximum absolute atomic E-state index is 13.4. The number of amides is 1. The zero-order chi connectivity index (χ0) is 17.1. The van der Waals surface area contributed by atoms with Gasteiger partial charge in [0.05, 0.1) is 5.56 Å². The van der Waals surface area contributed by atoms with Crippen LogP contribution >= 0.6 is 0 Å². The molecule has 0 aromatic heterocycles. The van der Waals surface area contributed by atoms with E-state index in [9.17, 15) is 18.4 Å². The van der Waals surface area contributed by atoms with E-state index in [-0.39, 0.29) is 0 Å². The summed E-state index contributed by atoms with van der Waals surface area (Å²) in [4.78, 5) is 23.7. The SMILES string of the molecule is O=C(COC(=O)c1ccc2c(c1)CCC2)Nc1c(F)cccc1F. The Balaban J connectivity index is 1.59. The number of carbonyl (C=O) groups excluding carboxylic acids is 2. The third-order valence-electron chi connectivity index (χ3n) is 3.90. The molecule has 24 heavy (non-hydrogen) atoms. The van der Waals surface area contributed by atoms with Crippen LogP contribution in [0.25, 0.3) is 0 Å². The minimum atomic E-state index is -0.895. The molecule has 1 aliphatic carbocycles. The lowest BCUT2D eigenvalue weighted by molar-refractivity contribution is -0.119. The largest absolute Gasteiger partial charge is 0.452 e. The molecule has 4 nitrogen and oxygen atoms in total. The van der Waals surface area contributed by atoms with Crippen molar-refractivity contribution in [1.29, 1.82) is 0 Å². The number of halogens is 2. The summed E-state index contributed by atoms with van der Waals surface area (Å²) in [6.07, 6.45) is 2.98. The monoisotopic (exact) mass is 331 g/mol. The number of hydrogen-bond donors (Lipinski definition) is 1. The van der Waals surface area contributed by atoms with Gasteiger partial charge in [-0.15, -0.1) is 0 Å². The van der Waals surface area contributed by atoms with Gasteiger partial charge in [0.25, 0.3) is 5.91 Å². The first kappa shape index (κ1) is 16.1. The Hall–Kier alpha value is -2.76. The summed E-state index contributed by atoms with van der Waals surface area (Å²) in [5.74, 6) is -3.25. The van der Waals surface area contributed by atoms with Gasteiger partial charge in [0.15, 0.2) is 6.61 Å². The highest BCUT2D eigenvalue weighted by molar-refractivity contribution is 5.95. The van der Waals surface area contributed by atoms with E-state index in [1.54, 1.807) is 12.1 Å². The second-order valence-electron chi connectivity index (χ2n) is 5.56. The Labute approximate surface area is 137 Å². The van der Waals surface area contributed by atoms with Gasteiger partial charge in [-0.05, 0) is 54.7 Å². The Morgan fingerprint density at radius 3 is 2.50 bits per heavy atom. The topological polar surface area (TPSA) is 55.4 Å². The number of hydrogen-bond acceptors (Lipinski definition) is 3. The summed E-state index contributed by atoms with van der Waals surface area (Å²) in [5, 5.41) is 2.06. The molecule has 0 saturated carbocycles. The van der Waals surface area contributed by atoms with Crippen LogP contribution in [0.5, 0.6) is 0 Å². The predicted octanol–water partition coefficient (Wildman–Crippen LogP) is 3.25. The van der Waals surface area contributed by atoms with E-state index < -0.39 is 35.8 Å². The molecule has 0 unspecified atom stereocenters. The maximum atomic E-state index is 13.4. The van der Waals surface area contributed by atoms with Gasteiger partial charge < -0.3 is 10.1 Å². The number of anilines is 1. The molecule has 3 rings (SSSR count). The van der Waals surface area contributed by atoms with E-state index in [1.165, 1.54) is 11.6 Å². The van der Waals surface area contributed by atoms with Crippen molar-refractivity contribution in [3.8, 4) is 0 Å². The highest BCUT2D eigenvalue weighted by atomic mass is 19.1. The molecule has 0 saturated heterocycles. The van der Waals surface area contributed by atoms with Gasteiger partial charge in [-0.1, -0.05) is 12.1 Å². The third-order valence-corrected chi connectivity index (χ3v) is 3.90. The van der Waals surface area contributed by atoms with Crippen LogP contribution in [0.2, 0.25) is 0 Å². The first-order chi connectivity index (χ1) is 11.5. The molecule has 1 amide bonds. The smallest absolute Gasteiger partial charge is 0.338 e. The van der Waals surface area contributed by atoms with E-state index in [0.29, 0.717) is 5.56 Å². The molecule has 0 bridgehead atoms. The standard InChI is InChI=1S/C18H15F2NO3/c19-14-5-2-6-15(20)17(14)21-16(22)10-24-18(23)13-8-7-11-3-1-4-12(11)9-13/h2,5-9H,1,3-4,10H2,(H,21,22). The fraction of sp³-hybridized carbons (Fsp3) is 0.222. The number of aryl methyl sites for hydroxylation is 2. The second kappa shape index (κ2) is 6.78. The van der Waals surface area contributed by atoms with Crippen LogP contribution in [0.1, 0.15) is 27.9 Å². The van der Waals surface area contributed by atoms with Crippen LogP contribution in [0, 0.1) is 11.6 Å². The van der Waals surface area contributed by atoms with E-state index >= 15 is 0 Å². The van der Waals surface area contributed by atoms with Crippen LogP contribution < -0.4 is 5.32 Å². The van der Waals surface area contributed by atoms with Crippen LogP contribution in [0.4, 0.5) is 14.5 Å². The normalized spacial score (nSPS) is 12.6. The van der Waals surface area contributed by atoms with Crippen LogP contribution in [-0.2, 0) is 22.4 Å². The molecule has 0 spiro atoms. The summed E-state index contributed by atoms with van der Waals surface area (Å²) < 4.78 is 31.8. The average Bonchev–Trinajstić information content (AvgIpc) is 3.03. The number of rotatable bonds is 4. The third kappa shape index (κ3) is 3.42. The fourth-order valence-electron chi connectivity index (χ4n) is 2.71. The minimum absolute atomic E-state index is 0.362. The molecule has 2 aromatic rings. The van der Waals surface area contributed by atoms with E-state index in [0.717, 1.165) is 37.0 Å². The van der Waals surface area contributed by atoms with Crippen molar-refractivity contribution < 1.29 is 23.1 Å². The zero-order valence-corrected chi connectivity index (χ0v) is 12.8. The number of nitrogens with one attached hydrogen (secondary N) is 1. The molecular weight excluding hydrogens is 316 g/mol. The number of ether oxygens (including phenoxy) is 1. The van der Waals surface area contributed by atoms with Crippen LogP contribution in [0.3, 0.4) is 0 Å². The first-order valence-electron chi connectivity index (χ1n) is 7.57. The molecule has 1 aliphatic rings. The fourth-order valence-corrected chi connectivity index (χ4v) is 2.71. The van der Waals surface area contributed by atoms with E-state index in [2.05, 4.69) is 5.32 Å². The average molecular weight is 331 g/mol. The number of carbonyl (C=O) groups is 2. The number of fused-ring (bicyclic) bond motifs is 1. The van der Waals surface area contributed by atoms with Crippen molar-refractivity contribution in [3.63, 3.8) is 0 Å². The molecule has 0 radical (unpaired) electrons. The zero-order valence-electron chi connectivity index (χ0n) is 12.8. The maximum Gasteiger partial charge on any atom is 0.338 e. The Morgan fingerprint density at radius 1 is 1.04 bits per heavy atom. The van der Waals surface area contributed by atoms with Crippen molar-refractivity contribution in [2.24, 2.45) is 0 Å². The lowest BCUT2D eigenvalue weighted by Crippen LogP contribution is -2.22. The van der Waals surface area contributed by atoms with Gasteiger partial charge in [-0.2, -0.15) is 0 Å². The molecule has 2 aromatic carbocycles. The van der Waals surface area contributed by atoms with Gasteiger partial charge in [0.1, 0.15) is 17.3 Å². The molecule has 0 heterocycles. The highest BCUT2D eigenvalue weighted by Gasteiger charge is 2.17. The summed E-state index contributed by atoms with van der Waals surface area (Å²) >= 11 is 0. The lowest BCUT2D eigenvalue weighted by Gasteiger charge is -2.09. The van der Waals surface area contributed by atoms with E-state index in [4.69, 9.17) is 4.74 Å². The number of esters is 1. The molecule has 0 aliphatic heterocycles. The molecule has 1 N–H and O–H groups in total. The van der Waals surface area contributed by atoms with Gasteiger partial charge >= 0.3 is 5.97 Å². The van der Waals surface area contributed by atoms with Crippen molar-refractivity contribution in [2.45, 2.75) is 19.3 Å². The lowest BCUT2D eigenvalue weighted by atomic mass is 10.1. The quantitative estimate of drug-likeness (QED) is 0.875. The number of para-hydroxylation sites is 1. The van der Waals surface area contributed by atoms with Gasteiger partial charge in [0.2, 0.25) is 0 Å². The molecule has 0 fully saturated rings. The summed E-state index contributed by atoms with van der Waals surface area (Å²) in [6.45, 7) is -0.621. The van der Waals surface area contributed by atoms with E-state index in [1.807, 2.05) is 6.07 Å². The van der Waals surface area contributed by atoms with Gasteiger partial charge in [-0.25, -0.2) is 13.6 Å².